The third-order valence-corrected chi connectivity index (χ3v) is 2.75. The molecule has 1 atom stereocenters. The van der Waals surface area contributed by atoms with Gasteiger partial charge in [0.25, 0.3) is 5.88 Å². The van der Waals surface area contributed by atoms with Crippen molar-refractivity contribution in [1.82, 2.24) is 14.1 Å². The van der Waals surface area contributed by atoms with Crippen molar-refractivity contribution < 1.29 is 35.1 Å². The summed E-state index contributed by atoms with van der Waals surface area (Å²) < 4.78 is 132. The minimum absolute atomic E-state index is 0.276. The van der Waals surface area contributed by atoms with Gasteiger partial charge in [0.15, 0.2) is 0 Å². The summed E-state index contributed by atoms with van der Waals surface area (Å²) in [6.45, 7) is -21.1. The molecule has 0 amide bonds. The van der Waals surface area contributed by atoms with Crippen LogP contribution in [0.5, 0.6) is 5.88 Å². The molecule has 0 aliphatic carbocycles. The fourth-order valence-electron chi connectivity index (χ4n) is 1.33. The molecule has 1 saturated heterocycles. The Morgan fingerprint density at radius 3 is 3.05 bits per heavy atom. The first-order valence-corrected chi connectivity index (χ1v) is 6.48. The van der Waals surface area contributed by atoms with Crippen molar-refractivity contribution in [1.29, 1.82) is 0 Å². The molecule has 2 rings (SSSR count). The smallest absolute Gasteiger partial charge is 0.270 e. The Bertz CT molecular complexity index is 864. The standard InChI is InChI=1S/C13H24N4O3S/c1-13(2,3)14-8-10(18)9-20-12-11(15-21-16-12)17-4-6-19-7-5-17/h10,14,18H,4-9H2,1-3H3/t10-/m0/s1/i1D3,2D3,3D3,6D2,7D2,9D2. The molecule has 0 aromatic carbocycles. The van der Waals surface area contributed by atoms with Crippen LogP contribution in [-0.2, 0) is 4.74 Å². The minimum Gasteiger partial charge on any atom is -0.472 e. The molecule has 2 heterocycles. The number of rotatable bonds is 6. The van der Waals surface area contributed by atoms with Gasteiger partial charge in [0.05, 0.1) is 33.1 Å². The van der Waals surface area contributed by atoms with E-state index in [0.717, 1.165) is 4.90 Å². The lowest BCUT2D eigenvalue weighted by Gasteiger charge is -2.27. The summed E-state index contributed by atoms with van der Waals surface area (Å²) in [5, 5.41) is 12.2. The molecule has 21 heavy (non-hydrogen) atoms. The minimum atomic E-state index is -3.63. The molecule has 120 valence electrons. The van der Waals surface area contributed by atoms with Crippen molar-refractivity contribution in [3.8, 4) is 5.88 Å². The van der Waals surface area contributed by atoms with Gasteiger partial charge in [-0.05, 0) is 20.6 Å². The monoisotopic (exact) mass is 331 g/mol. The van der Waals surface area contributed by atoms with E-state index in [4.69, 9.17) is 30.0 Å². The van der Waals surface area contributed by atoms with Crippen molar-refractivity contribution in [2.24, 2.45) is 0 Å². The summed E-state index contributed by atoms with van der Waals surface area (Å²) in [5.41, 5.74) is -3.51. The van der Waals surface area contributed by atoms with E-state index in [2.05, 4.69) is 8.75 Å². The lowest BCUT2D eigenvalue weighted by Crippen LogP contribution is -2.42. The van der Waals surface area contributed by atoms with Gasteiger partial charge in [-0.15, -0.1) is 4.37 Å². The number of morpholine rings is 1. The van der Waals surface area contributed by atoms with E-state index in [-0.39, 0.29) is 5.82 Å². The van der Waals surface area contributed by atoms with Crippen molar-refractivity contribution in [2.75, 3.05) is 44.2 Å². The second-order valence-corrected chi connectivity index (χ2v) is 4.53. The Morgan fingerprint density at radius 1 is 1.57 bits per heavy atom. The number of β-amino-alcohol motifs (C(OH)–C–C–N with tert-alkyl or cyclic N) is 1. The number of aliphatic hydroxyl groups excluding tert-OH is 1. The van der Waals surface area contributed by atoms with E-state index in [1.165, 1.54) is 0 Å². The average molecular weight is 332 g/mol. The normalized spacial score (nSPS) is 35.7. The van der Waals surface area contributed by atoms with Gasteiger partial charge in [-0.25, -0.2) is 0 Å². The first kappa shape index (κ1) is 5.59. The zero-order valence-corrected chi connectivity index (χ0v) is 11.5. The molecular formula is C13H24N4O3S. The summed E-state index contributed by atoms with van der Waals surface area (Å²) in [6, 6.07) is 0. The number of anilines is 1. The SMILES string of the molecule is [2H]C1([2H])CN(c2nsnc2OC([2H])([2H])[C@@H](O)CNC(C([2H])([2H])[2H])(C([2H])([2H])[2H])C([2H])([2H])[2H])CC([2H])([2H])O1. The number of hydrogen-bond acceptors (Lipinski definition) is 8. The van der Waals surface area contributed by atoms with E-state index < -0.39 is 77.4 Å². The number of nitrogens with zero attached hydrogens (tertiary/aromatic N) is 3. The zero-order chi connectivity index (χ0) is 28.2. The molecule has 2 N–H and O–H groups in total. The third-order valence-electron chi connectivity index (χ3n) is 2.25. The fourth-order valence-corrected chi connectivity index (χ4v) is 1.83. The van der Waals surface area contributed by atoms with E-state index in [1.54, 1.807) is 0 Å². The Kier molecular flexibility index (Phi) is 1.96. The Hall–Kier alpha value is -0.960. The average Bonchev–Trinajstić information content (AvgIpc) is 3.02. The third kappa shape index (κ3) is 5.39. The van der Waals surface area contributed by atoms with Gasteiger partial charge >= 0.3 is 0 Å². The molecule has 1 aliphatic rings. The number of ether oxygens (including phenoxy) is 2. The quantitative estimate of drug-likeness (QED) is 0.786. The van der Waals surface area contributed by atoms with Crippen LogP contribution in [0.3, 0.4) is 0 Å². The van der Waals surface area contributed by atoms with Crippen LogP contribution in [0.1, 0.15) is 41.1 Å². The molecule has 0 bridgehead atoms. The molecule has 1 aliphatic heterocycles. The van der Waals surface area contributed by atoms with Crippen LogP contribution in [-0.4, -0.2) is 64.8 Å². The molecular weight excluding hydrogens is 292 g/mol. The molecule has 1 aromatic heterocycles. The van der Waals surface area contributed by atoms with Crippen molar-refractivity contribution in [2.45, 2.75) is 32.2 Å². The Balaban J connectivity index is 2.28. The maximum absolute atomic E-state index is 10.4. The highest BCUT2D eigenvalue weighted by Crippen LogP contribution is 2.26. The van der Waals surface area contributed by atoms with E-state index in [1.807, 2.05) is 5.32 Å². The Morgan fingerprint density at radius 2 is 2.33 bits per heavy atom. The molecule has 8 heteroatoms. The number of aliphatic hydroxyl groups is 1. The van der Waals surface area contributed by atoms with Gasteiger partial charge in [-0.2, -0.15) is 4.37 Å². The van der Waals surface area contributed by atoms with Crippen LogP contribution >= 0.6 is 11.7 Å². The van der Waals surface area contributed by atoms with Crippen LogP contribution in [0.15, 0.2) is 0 Å². The maximum Gasteiger partial charge on any atom is 0.270 e. The highest BCUT2D eigenvalue weighted by atomic mass is 32.1. The van der Waals surface area contributed by atoms with Gasteiger partial charge in [-0.3, -0.25) is 0 Å². The molecule has 0 radical (unpaired) electrons. The highest BCUT2D eigenvalue weighted by molar-refractivity contribution is 6.99. The molecule has 1 fully saturated rings. The van der Waals surface area contributed by atoms with Crippen LogP contribution < -0.4 is 15.0 Å². The largest absolute Gasteiger partial charge is 0.472 e. The Labute approximate surface area is 150 Å². The van der Waals surface area contributed by atoms with Gasteiger partial charge in [0, 0.05) is 37.5 Å². The summed E-state index contributed by atoms with van der Waals surface area (Å²) >= 11 is 0.501. The first-order chi connectivity index (χ1) is 15.9. The maximum atomic E-state index is 10.4. The van der Waals surface area contributed by atoms with Gasteiger partial charge in [0.1, 0.15) is 12.7 Å². The van der Waals surface area contributed by atoms with Crippen LogP contribution in [0, 0.1) is 0 Å². The predicted molar refractivity (Wildman–Crippen MR) is 82.2 cm³/mol. The predicted octanol–water partition coefficient (Wildman–Crippen LogP) is 0.502. The lowest BCUT2D eigenvalue weighted by molar-refractivity contribution is 0.0975. The molecule has 0 unspecified atom stereocenters. The zero-order valence-electron chi connectivity index (χ0n) is 25.7. The number of nitrogens with one attached hydrogen (secondary N) is 1. The second kappa shape index (κ2) is 7.35. The van der Waals surface area contributed by atoms with Crippen LogP contribution in [0.4, 0.5) is 5.82 Å². The highest BCUT2D eigenvalue weighted by Gasteiger charge is 2.21. The van der Waals surface area contributed by atoms with Crippen LogP contribution in [0.25, 0.3) is 0 Å². The van der Waals surface area contributed by atoms with Crippen molar-refractivity contribution in [3.05, 3.63) is 0 Å². The summed E-state index contributed by atoms with van der Waals surface area (Å²) in [5.74, 6) is -0.854. The summed E-state index contributed by atoms with van der Waals surface area (Å²) in [6.07, 6.45) is -2.33. The van der Waals surface area contributed by atoms with E-state index in [9.17, 15) is 5.11 Å². The topological polar surface area (TPSA) is 79.7 Å². The summed E-state index contributed by atoms with van der Waals surface area (Å²) in [7, 11) is 0. The molecule has 1 aromatic rings. The van der Waals surface area contributed by atoms with E-state index in [0.29, 0.717) is 11.7 Å². The lowest BCUT2D eigenvalue weighted by atomic mass is 10.1. The molecule has 0 saturated carbocycles. The second-order valence-electron chi connectivity index (χ2n) is 4.01. The summed E-state index contributed by atoms with van der Waals surface area (Å²) in [4.78, 5) is 1.05. The number of aromatic nitrogens is 2. The van der Waals surface area contributed by atoms with Crippen LogP contribution in [0.2, 0.25) is 0 Å². The molecule has 7 nitrogen and oxygen atoms in total. The number of hydrogen-bond donors (Lipinski definition) is 2. The molecule has 0 spiro atoms. The van der Waals surface area contributed by atoms with E-state index >= 15 is 0 Å². The van der Waals surface area contributed by atoms with Gasteiger partial charge < -0.3 is 24.8 Å². The van der Waals surface area contributed by atoms with Crippen molar-refractivity contribution in [3.63, 3.8) is 0 Å². The van der Waals surface area contributed by atoms with Gasteiger partial charge in [-0.1, -0.05) is 0 Å². The van der Waals surface area contributed by atoms with Gasteiger partial charge in [0.2, 0.25) is 5.82 Å². The fraction of sp³-hybridized carbons (Fsp3) is 0.846. The first-order valence-electron chi connectivity index (χ1n) is 13.3. The van der Waals surface area contributed by atoms with Crippen molar-refractivity contribution >= 4 is 17.5 Å².